The average Bonchev–Trinajstić information content (AvgIpc) is 3.21. The number of aromatic carboxylic acids is 1. The fourth-order valence-corrected chi connectivity index (χ4v) is 4.78. The summed E-state index contributed by atoms with van der Waals surface area (Å²) in [6, 6.07) is 6.22. The van der Waals surface area contributed by atoms with Crippen molar-refractivity contribution in [2.24, 2.45) is 0 Å². The monoisotopic (exact) mass is 511 g/mol. The van der Waals surface area contributed by atoms with E-state index in [1.165, 1.54) is 23.1 Å². The third-order valence-electron chi connectivity index (χ3n) is 6.47. The van der Waals surface area contributed by atoms with E-state index in [-0.39, 0.29) is 29.1 Å². The third kappa shape index (κ3) is 5.11. The van der Waals surface area contributed by atoms with Crippen LogP contribution in [0.5, 0.6) is 5.75 Å². The van der Waals surface area contributed by atoms with E-state index in [1.807, 2.05) is 0 Å². The molecule has 11 heteroatoms. The van der Waals surface area contributed by atoms with Crippen molar-refractivity contribution in [3.8, 4) is 11.4 Å². The highest BCUT2D eigenvalue weighted by molar-refractivity contribution is 5.97. The Morgan fingerprint density at radius 1 is 1.11 bits per heavy atom. The molecule has 1 aliphatic carbocycles. The predicted molar refractivity (Wildman–Crippen MR) is 134 cm³/mol. The number of carboxylic acids is 1. The second-order valence-electron chi connectivity index (χ2n) is 9.54. The predicted octanol–water partition coefficient (Wildman–Crippen LogP) is 4.48. The van der Waals surface area contributed by atoms with E-state index in [0.29, 0.717) is 39.0 Å². The second-order valence-corrected chi connectivity index (χ2v) is 9.54. The molecule has 10 nitrogen and oxygen atoms in total. The van der Waals surface area contributed by atoms with Crippen LogP contribution in [0.15, 0.2) is 35.1 Å². The van der Waals surface area contributed by atoms with Crippen LogP contribution >= 0.6 is 0 Å². The van der Waals surface area contributed by atoms with E-state index in [0.717, 1.165) is 25.3 Å². The Bertz CT molecular complexity index is 1390. The minimum atomic E-state index is -1.12. The summed E-state index contributed by atoms with van der Waals surface area (Å²) < 4.78 is 21.8. The molecule has 0 radical (unpaired) electrons. The number of para-hydroxylation sites is 1. The average molecular weight is 512 g/mol. The molecule has 1 saturated carbocycles. The van der Waals surface area contributed by atoms with Crippen LogP contribution in [0, 0.1) is 19.7 Å². The smallest absolute Gasteiger partial charge is 0.377 e. The first-order chi connectivity index (χ1) is 17.6. The Morgan fingerprint density at radius 3 is 2.46 bits per heavy atom. The summed E-state index contributed by atoms with van der Waals surface area (Å²) in [6.45, 7) is 6.99. The number of ether oxygens (including phenoxy) is 1. The number of carboxylic acid groups (broad SMARTS) is 1. The lowest BCUT2D eigenvalue weighted by molar-refractivity contribution is 0.0696. The Morgan fingerprint density at radius 2 is 1.81 bits per heavy atom. The molecule has 1 aliphatic rings. The van der Waals surface area contributed by atoms with Gasteiger partial charge in [0.15, 0.2) is 5.82 Å². The first kappa shape index (κ1) is 26.1. The van der Waals surface area contributed by atoms with Crippen LogP contribution in [-0.2, 0) is 0 Å². The Hall–Kier alpha value is -4.02. The summed E-state index contributed by atoms with van der Waals surface area (Å²) in [4.78, 5) is 40.5. The molecule has 196 valence electrons. The second kappa shape index (κ2) is 10.5. The van der Waals surface area contributed by atoms with Crippen molar-refractivity contribution >= 4 is 17.7 Å². The van der Waals surface area contributed by atoms with Crippen molar-refractivity contribution in [1.29, 1.82) is 0 Å². The molecule has 4 rings (SSSR count). The van der Waals surface area contributed by atoms with E-state index in [1.54, 1.807) is 33.8 Å². The molecule has 1 aromatic heterocycles. The first-order valence-electron chi connectivity index (χ1n) is 12.3. The number of aromatic nitrogens is 4. The van der Waals surface area contributed by atoms with Gasteiger partial charge in [0, 0.05) is 11.7 Å². The van der Waals surface area contributed by atoms with Gasteiger partial charge in [-0.1, -0.05) is 31.4 Å². The Balaban J connectivity index is 1.83. The van der Waals surface area contributed by atoms with E-state index >= 15 is 0 Å². The topological polar surface area (TPSA) is 120 Å². The molecule has 0 saturated heterocycles. The number of benzene rings is 2. The molecule has 0 bridgehead atoms. The van der Waals surface area contributed by atoms with E-state index in [4.69, 9.17) is 4.74 Å². The minimum absolute atomic E-state index is 0.0621. The number of halogens is 1. The molecule has 0 aliphatic heterocycles. The summed E-state index contributed by atoms with van der Waals surface area (Å²) in [6.07, 6.45) is 3.86. The van der Waals surface area contributed by atoms with E-state index < -0.39 is 23.5 Å². The van der Waals surface area contributed by atoms with Crippen molar-refractivity contribution in [3.63, 3.8) is 0 Å². The molecule has 0 spiro atoms. The zero-order valence-electron chi connectivity index (χ0n) is 21.3. The van der Waals surface area contributed by atoms with Crippen LogP contribution in [0.25, 0.3) is 5.69 Å². The van der Waals surface area contributed by atoms with Gasteiger partial charge in [0.25, 0.3) is 0 Å². The van der Waals surface area contributed by atoms with Crippen LogP contribution < -0.4 is 15.3 Å². The normalized spacial score (nSPS) is 14.1. The van der Waals surface area contributed by atoms with E-state index in [2.05, 4.69) is 10.4 Å². The van der Waals surface area contributed by atoms with E-state index in [9.17, 15) is 23.9 Å². The van der Waals surface area contributed by atoms with Gasteiger partial charge in [-0.05, 0) is 80.3 Å². The lowest BCUT2D eigenvalue weighted by atomic mass is 9.93. The Labute approximate surface area is 213 Å². The highest BCUT2D eigenvalue weighted by atomic mass is 19.1. The summed E-state index contributed by atoms with van der Waals surface area (Å²) in [7, 11) is 0. The largest absolute Gasteiger partial charge is 0.489 e. The standard InChI is InChI=1S/C26H30FN5O5/c1-15(2)37-22-12-8-11-20(27)23(22)31-26(36)32(29-28-31)25(35)30(18-9-6-5-7-10-18)21-14-19(24(33)34)16(3)13-17(21)4/h8,11-15,18H,5-7,9-10H2,1-4H3,(H,33,34). The zero-order chi connectivity index (χ0) is 26.9. The molecule has 3 aromatic rings. The van der Waals surface area contributed by atoms with Gasteiger partial charge in [-0.2, -0.15) is 4.68 Å². The van der Waals surface area contributed by atoms with Gasteiger partial charge >= 0.3 is 17.7 Å². The van der Waals surface area contributed by atoms with Crippen molar-refractivity contribution < 1.29 is 23.8 Å². The molecule has 37 heavy (non-hydrogen) atoms. The van der Waals surface area contributed by atoms with Gasteiger partial charge in [0.1, 0.15) is 11.4 Å². The summed E-state index contributed by atoms with van der Waals surface area (Å²) >= 11 is 0. The number of amides is 1. The van der Waals surface area contributed by atoms with Gasteiger partial charge in [0.05, 0.1) is 11.7 Å². The highest BCUT2D eigenvalue weighted by Gasteiger charge is 2.33. The third-order valence-corrected chi connectivity index (χ3v) is 6.47. The number of hydrogen-bond donors (Lipinski definition) is 1. The quantitative estimate of drug-likeness (QED) is 0.485. The van der Waals surface area contributed by atoms with Crippen LogP contribution in [-0.4, -0.2) is 49.0 Å². The maximum Gasteiger partial charge on any atom is 0.377 e. The van der Waals surface area contributed by atoms with Crippen LogP contribution in [0.3, 0.4) is 0 Å². The summed E-state index contributed by atoms with van der Waals surface area (Å²) in [5.74, 6) is -1.79. The highest BCUT2D eigenvalue weighted by Crippen LogP contribution is 2.32. The van der Waals surface area contributed by atoms with Gasteiger partial charge in [-0.15, -0.1) is 4.68 Å². The van der Waals surface area contributed by atoms with Crippen molar-refractivity contribution in [2.45, 2.75) is 71.9 Å². The van der Waals surface area contributed by atoms with Crippen LogP contribution in [0.1, 0.15) is 67.4 Å². The molecule has 0 atom stereocenters. The van der Waals surface area contributed by atoms with Crippen LogP contribution in [0.4, 0.5) is 14.9 Å². The number of nitrogens with zero attached hydrogens (tertiary/aromatic N) is 5. The SMILES string of the molecule is Cc1cc(C)c(N(C(=O)n2nnn(-c3c(F)cccc3OC(C)C)c2=O)C2CCCCC2)cc1C(=O)O. The molecule has 2 aromatic carbocycles. The van der Waals surface area contributed by atoms with Crippen molar-refractivity contribution in [3.05, 3.63) is 63.3 Å². The maximum atomic E-state index is 14.8. The summed E-state index contributed by atoms with van der Waals surface area (Å²) in [5, 5.41) is 17.3. The van der Waals surface area contributed by atoms with Gasteiger partial charge in [-0.3, -0.25) is 4.90 Å². The molecular formula is C26H30FN5O5. The van der Waals surface area contributed by atoms with Crippen molar-refractivity contribution in [2.75, 3.05) is 4.90 Å². The molecule has 1 heterocycles. The number of carbonyl (C=O) groups excluding carboxylic acids is 1. The maximum absolute atomic E-state index is 14.8. The van der Waals surface area contributed by atoms with Gasteiger partial charge < -0.3 is 9.84 Å². The fraction of sp³-hybridized carbons (Fsp3) is 0.423. The molecular weight excluding hydrogens is 481 g/mol. The number of carbonyl (C=O) groups is 2. The minimum Gasteiger partial charge on any atom is -0.489 e. The first-order valence-corrected chi connectivity index (χ1v) is 12.3. The molecule has 1 amide bonds. The lowest BCUT2D eigenvalue weighted by Crippen LogP contribution is -2.47. The molecule has 0 unspecified atom stereocenters. The van der Waals surface area contributed by atoms with Crippen LogP contribution in [0.2, 0.25) is 0 Å². The zero-order valence-corrected chi connectivity index (χ0v) is 21.3. The fourth-order valence-electron chi connectivity index (χ4n) is 4.78. The Kier molecular flexibility index (Phi) is 7.42. The molecule has 1 fully saturated rings. The lowest BCUT2D eigenvalue weighted by Gasteiger charge is -2.34. The van der Waals surface area contributed by atoms with Crippen molar-refractivity contribution in [1.82, 2.24) is 19.8 Å². The number of rotatable bonds is 6. The molecule has 1 N–H and O–H groups in total. The van der Waals surface area contributed by atoms with Gasteiger partial charge in [-0.25, -0.2) is 18.8 Å². The number of aryl methyl sites for hydroxylation is 2. The number of hydrogen-bond acceptors (Lipinski definition) is 6. The number of anilines is 1. The summed E-state index contributed by atoms with van der Waals surface area (Å²) in [5.41, 5.74) is 0.480. The number of tetrazole rings is 1. The van der Waals surface area contributed by atoms with Gasteiger partial charge in [0.2, 0.25) is 0 Å².